The zero-order valence-corrected chi connectivity index (χ0v) is 15.5. The molecule has 10 heteroatoms. The van der Waals surface area contributed by atoms with Crippen molar-refractivity contribution in [2.24, 2.45) is 0 Å². The van der Waals surface area contributed by atoms with Crippen LogP contribution in [0.4, 0.5) is 19.0 Å². The Morgan fingerprint density at radius 2 is 1.67 bits per heavy atom. The SMILES string of the molecule is FC(F)(F)c1cccnc1Oc1ccc(CCNc2ncnc3nccnc23)cc1. The van der Waals surface area contributed by atoms with Crippen LogP contribution in [0.25, 0.3) is 11.2 Å². The molecular weight excluding hydrogens is 397 g/mol. The maximum Gasteiger partial charge on any atom is 0.421 e. The molecule has 30 heavy (non-hydrogen) atoms. The van der Waals surface area contributed by atoms with Gasteiger partial charge in [0, 0.05) is 25.1 Å². The summed E-state index contributed by atoms with van der Waals surface area (Å²) >= 11 is 0. The first kappa shape index (κ1) is 19.5. The highest BCUT2D eigenvalue weighted by molar-refractivity contribution is 5.81. The molecular formula is C20H15F3N6O. The van der Waals surface area contributed by atoms with E-state index in [1.807, 2.05) is 0 Å². The fraction of sp³-hybridized carbons (Fsp3) is 0.150. The van der Waals surface area contributed by atoms with Crippen molar-refractivity contribution in [1.82, 2.24) is 24.9 Å². The summed E-state index contributed by atoms with van der Waals surface area (Å²) in [6, 6.07) is 8.93. The predicted molar refractivity (Wildman–Crippen MR) is 103 cm³/mol. The fourth-order valence-corrected chi connectivity index (χ4v) is 2.77. The van der Waals surface area contributed by atoms with Crippen LogP contribution in [0.3, 0.4) is 0 Å². The largest absolute Gasteiger partial charge is 0.438 e. The molecule has 0 radical (unpaired) electrons. The number of nitrogens with zero attached hydrogens (tertiary/aromatic N) is 5. The van der Waals surface area contributed by atoms with Crippen LogP contribution in [0.5, 0.6) is 11.6 Å². The van der Waals surface area contributed by atoms with Gasteiger partial charge in [0.2, 0.25) is 5.88 Å². The van der Waals surface area contributed by atoms with Gasteiger partial charge in [-0.3, -0.25) is 0 Å². The van der Waals surface area contributed by atoms with E-state index in [-0.39, 0.29) is 5.75 Å². The van der Waals surface area contributed by atoms with Gasteiger partial charge in [0.25, 0.3) is 0 Å². The Morgan fingerprint density at radius 3 is 2.47 bits per heavy atom. The van der Waals surface area contributed by atoms with Crippen LogP contribution in [-0.4, -0.2) is 31.5 Å². The highest BCUT2D eigenvalue weighted by Crippen LogP contribution is 2.36. The molecule has 7 nitrogen and oxygen atoms in total. The van der Waals surface area contributed by atoms with E-state index >= 15 is 0 Å². The first-order valence-electron chi connectivity index (χ1n) is 8.95. The Balaban J connectivity index is 1.39. The molecule has 3 aromatic heterocycles. The van der Waals surface area contributed by atoms with Gasteiger partial charge in [-0.15, -0.1) is 0 Å². The summed E-state index contributed by atoms with van der Waals surface area (Å²) in [5, 5.41) is 3.19. The lowest BCUT2D eigenvalue weighted by atomic mass is 10.1. The van der Waals surface area contributed by atoms with Crippen molar-refractivity contribution >= 4 is 17.0 Å². The summed E-state index contributed by atoms with van der Waals surface area (Å²) in [6.07, 6.45) is 1.92. The van der Waals surface area contributed by atoms with Crippen LogP contribution in [0, 0.1) is 0 Å². The monoisotopic (exact) mass is 412 g/mol. The smallest absolute Gasteiger partial charge is 0.421 e. The third-order valence-electron chi connectivity index (χ3n) is 4.19. The summed E-state index contributed by atoms with van der Waals surface area (Å²) in [7, 11) is 0. The maximum absolute atomic E-state index is 13.0. The molecule has 0 atom stereocenters. The van der Waals surface area contributed by atoms with Gasteiger partial charge in [-0.25, -0.2) is 24.9 Å². The zero-order chi connectivity index (χ0) is 21.0. The van der Waals surface area contributed by atoms with E-state index in [1.54, 1.807) is 36.7 Å². The number of benzene rings is 1. The number of hydrogen-bond donors (Lipinski definition) is 1. The quantitative estimate of drug-likeness (QED) is 0.506. The van der Waals surface area contributed by atoms with Gasteiger partial charge in [0.15, 0.2) is 11.5 Å². The Labute approximate surface area is 169 Å². The Hall–Kier alpha value is -3.82. The molecule has 0 fully saturated rings. The van der Waals surface area contributed by atoms with Crippen LogP contribution in [0.2, 0.25) is 0 Å². The first-order chi connectivity index (χ1) is 14.5. The van der Waals surface area contributed by atoms with Crippen LogP contribution in [-0.2, 0) is 12.6 Å². The van der Waals surface area contributed by atoms with E-state index in [9.17, 15) is 13.2 Å². The molecule has 0 aliphatic heterocycles. The molecule has 4 rings (SSSR count). The van der Waals surface area contributed by atoms with Gasteiger partial charge in [0.05, 0.1) is 0 Å². The van der Waals surface area contributed by atoms with Crippen LogP contribution in [0.1, 0.15) is 11.1 Å². The molecule has 1 N–H and O–H groups in total. The number of hydrogen-bond acceptors (Lipinski definition) is 7. The summed E-state index contributed by atoms with van der Waals surface area (Å²) in [5.74, 6) is 0.382. The second kappa shape index (κ2) is 8.27. The molecule has 152 valence electrons. The number of rotatable bonds is 6. The summed E-state index contributed by atoms with van der Waals surface area (Å²) < 4.78 is 44.5. The predicted octanol–water partition coefficient (Wildman–Crippen LogP) is 4.28. The van der Waals surface area contributed by atoms with E-state index in [0.717, 1.165) is 11.6 Å². The van der Waals surface area contributed by atoms with E-state index < -0.39 is 17.6 Å². The van der Waals surface area contributed by atoms with Crippen molar-refractivity contribution in [3.63, 3.8) is 0 Å². The van der Waals surface area contributed by atoms with E-state index in [4.69, 9.17) is 4.74 Å². The lowest BCUT2D eigenvalue weighted by molar-refractivity contribution is -0.138. The fourth-order valence-electron chi connectivity index (χ4n) is 2.77. The third-order valence-corrected chi connectivity index (χ3v) is 4.19. The van der Waals surface area contributed by atoms with E-state index in [2.05, 4.69) is 30.2 Å². The minimum absolute atomic E-state index is 0.271. The van der Waals surface area contributed by atoms with Gasteiger partial charge >= 0.3 is 6.18 Å². The molecule has 0 saturated carbocycles. The third kappa shape index (κ3) is 4.43. The second-order valence-electron chi connectivity index (χ2n) is 6.23. The van der Waals surface area contributed by atoms with Gasteiger partial charge in [-0.1, -0.05) is 12.1 Å². The first-order valence-corrected chi connectivity index (χ1v) is 8.95. The summed E-state index contributed by atoms with van der Waals surface area (Å²) in [6.45, 7) is 0.571. The maximum atomic E-state index is 13.0. The highest BCUT2D eigenvalue weighted by atomic mass is 19.4. The second-order valence-corrected chi connectivity index (χ2v) is 6.23. The van der Waals surface area contributed by atoms with Gasteiger partial charge in [-0.05, 0) is 36.2 Å². The molecule has 0 spiro atoms. The molecule has 3 heterocycles. The van der Waals surface area contributed by atoms with E-state index in [1.165, 1.54) is 18.6 Å². The molecule has 0 bridgehead atoms. The Kier molecular flexibility index (Phi) is 5.38. The number of ether oxygens (including phenoxy) is 1. The minimum atomic E-state index is -4.54. The normalized spacial score (nSPS) is 11.4. The van der Waals surface area contributed by atoms with Crippen molar-refractivity contribution in [3.05, 3.63) is 72.4 Å². The van der Waals surface area contributed by atoms with E-state index in [0.29, 0.717) is 29.9 Å². The molecule has 0 amide bonds. The lowest BCUT2D eigenvalue weighted by Crippen LogP contribution is -2.08. The number of pyridine rings is 1. The van der Waals surface area contributed by atoms with Crippen LogP contribution in [0.15, 0.2) is 61.3 Å². The zero-order valence-electron chi connectivity index (χ0n) is 15.5. The number of halogens is 3. The number of alkyl halides is 3. The number of nitrogens with one attached hydrogen (secondary N) is 1. The molecule has 4 aromatic rings. The van der Waals surface area contributed by atoms with Crippen molar-refractivity contribution in [2.75, 3.05) is 11.9 Å². The van der Waals surface area contributed by atoms with Crippen LogP contribution < -0.4 is 10.1 Å². The van der Waals surface area contributed by atoms with Gasteiger partial charge in [-0.2, -0.15) is 13.2 Å². The number of anilines is 1. The van der Waals surface area contributed by atoms with Gasteiger partial charge in [0.1, 0.15) is 23.2 Å². The molecule has 0 saturated heterocycles. The number of aromatic nitrogens is 5. The average Bonchev–Trinajstić information content (AvgIpc) is 2.75. The standard InChI is InChI=1S/C20H15F3N6O/c21-20(22,23)15-2-1-8-27-19(15)30-14-5-3-13(4-6-14)7-9-25-17-16-18(29-12-28-17)26-11-10-24-16/h1-6,8,10-12H,7,9H2,(H,25,26,28,29). The van der Waals surface area contributed by atoms with Crippen molar-refractivity contribution in [2.45, 2.75) is 12.6 Å². The highest BCUT2D eigenvalue weighted by Gasteiger charge is 2.35. The van der Waals surface area contributed by atoms with Crippen LogP contribution >= 0.6 is 0 Å². The number of fused-ring (bicyclic) bond motifs is 1. The molecule has 0 aliphatic carbocycles. The van der Waals surface area contributed by atoms with Crippen molar-refractivity contribution in [1.29, 1.82) is 0 Å². The topological polar surface area (TPSA) is 85.7 Å². The minimum Gasteiger partial charge on any atom is -0.438 e. The summed E-state index contributed by atoms with van der Waals surface area (Å²) in [4.78, 5) is 20.3. The average molecular weight is 412 g/mol. The molecule has 1 aromatic carbocycles. The van der Waals surface area contributed by atoms with Gasteiger partial charge < -0.3 is 10.1 Å². The van der Waals surface area contributed by atoms with Crippen molar-refractivity contribution < 1.29 is 17.9 Å². The Morgan fingerprint density at radius 1 is 0.867 bits per heavy atom. The van der Waals surface area contributed by atoms with Crippen molar-refractivity contribution in [3.8, 4) is 11.6 Å². The lowest BCUT2D eigenvalue weighted by Gasteiger charge is -2.12. The molecule has 0 aliphatic rings. The molecule has 0 unspecified atom stereocenters. The summed E-state index contributed by atoms with van der Waals surface area (Å²) in [5.41, 5.74) is 1.14. The Bertz CT molecular complexity index is 1150.